The van der Waals surface area contributed by atoms with E-state index in [0.717, 1.165) is 28.9 Å². The van der Waals surface area contributed by atoms with Crippen LogP contribution in [0.1, 0.15) is 32.1 Å². The summed E-state index contributed by atoms with van der Waals surface area (Å²) in [5, 5.41) is 6.38. The van der Waals surface area contributed by atoms with Gasteiger partial charge < -0.3 is 15.4 Å². The summed E-state index contributed by atoms with van der Waals surface area (Å²) in [6.45, 7) is 1.08. The molecule has 1 amide bonds. The van der Waals surface area contributed by atoms with Crippen molar-refractivity contribution >= 4 is 27.5 Å². The van der Waals surface area contributed by atoms with Crippen molar-refractivity contribution < 1.29 is 9.53 Å². The zero-order valence-corrected chi connectivity index (χ0v) is 13.3. The maximum Gasteiger partial charge on any atom is 0.224 e. The van der Waals surface area contributed by atoms with Gasteiger partial charge >= 0.3 is 0 Å². The molecule has 1 aliphatic heterocycles. The van der Waals surface area contributed by atoms with Gasteiger partial charge in [0.25, 0.3) is 0 Å². The quantitative estimate of drug-likeness (QED) is 0.864. The van der Waals surface area contributed by atoms with E-state index in [1.165, 1.54) is 19.3 Å². The largest absolute Gasteiger partial charge is 0.497 e. The maximum atomic E-state index is 12.0. The average Bonchev–Trinajstić information content (AvgIpc) is 2.45. The second kappa shape index (κ2) is 7.64. The second-order valence-electron chi connectivity index (χ2n) is 5.11. The molecule has 4 nitrogen and oxygen atoms in total. The Kier molecular flexibility index (Phi) is 5.86. The number of halogens is 1. The summed E-state index contributed by atoms with van der Waals surface area (Å²) in [6.07, 6.45) is 5.14. The van der Waals surface area contributed by atoms with E-state index in [4.69, 9.17) is 4.74 Å². The molecule has 2 N–H and O–H groups in total. The van der Waals surface area contributed by atoms with E-state index >= 15 is 0 Å². The van der Waals surface area contributed by atoms with Gasteiger partial charge in [-0.25, -0.2) is 0 Å². The number of nitrogens with one attached hydrogen (secondary N) is 2. The highest BCUT2D eigenvalue weighted by molar-refractivity contribution is 9.10. The summed E-state index contributed by atoms with van der Waals surface area (Å²) >= 11 is 3.40. The van der Waals surface area contributed by atoms with Crippen LogP contribution in [0.2, 0.25) is 0 Å². The molecule has 1 aliphatic rings. The fourth-order valence-corrected chi connectivity index (χ4v) is 2.92. The third kappa shape index (κ3) is 4.80. The first-order chi connectivity index (χ1) is 9.67. The van der Waals surface area contributed by atoms with Crippen molar-refractivity contribution in [2.75, 3.05) is 19.0 Å². The molecule has 0 aliphatic carbocycles. The number of rotatable bonds is 5. The van der Waals surface area contributed by atoms with Gasteiger partial charge in [-0.1, -0.05) is 22.4 Å². The lowest BCUT2D eigenvalue weighted by Gasteiger charge is -2.23. The Bertz CT molecular complexity index is 459. The molecule has 1 heterocycles. The Morgan fingerprint density at radius 2 is 2.30 bits per heavy atom. The molecule has 20 heavy (non-hydrogen) atoms. The van der Waals surface area contributed by atoms with Crippen LogP contribution in [-0.2, 0) is 4.79 Å². The van der Waals surface area contributed by atoms with Crippen molar-refractivity contribution in [1.29, 1.82) is 0 Å². The van der Waals surface area contributed by atoms with Gasteiger partial charge in [0.15, 0.2) is 0 Å². The van der Waals surface area contributed by atoms with Crippen LogP contribution < -0.4 is 15.4 Å². The second-order valence-corrected chi connectivity index (χ2v) is 6.03. The lowest BCUT2D eigenvalue weighted by molar-refractivity contribution is -0.116. The fraction of sp³-hybridized carbons (Fsp3) is 0.533. The summed E-state index contributed by atoms with van der Waals surface area (Å²) in [4.78, 5) is 12.0. The van der Waals surface area contributed by atoms with Gasteiger partial charge in [0.05, 0.1) is 7.11 Å². The Balaban J connectivity index is 1.83. The average molecular weight is 341 g/mol. The van der Waals surface area contributed by atoms with Crippen LogP contribution in [-0.4, -0.2) is 25.6 Å². The molecule has 1 saturated heterocycles. The smallest absolute Gasteiger partial charge is 0.224 e. The molecule has 0 saturated carbocycles. The molecular weight excluding hydrogens is 320 g/mol. The number of piperidine rings is 1. The van der Waals surface area contributed by atoms with E-state index in [9.17, 15) is 4.79 Å². The molecule has 110 valence electrons. The molecule has 1 unspecified atom stereocenters. The third-order valence-electron chi connectivity index (χ3n) is 3.52. The minimum atomic E-state index is 0.0533. The highest BCUT2D eigenvalue weighted by Gasteiger charge is 2.14. The lowest BCUT2D eigenvalue weighted by Crippen LogP contribution is -2.34. The van der Waals surface area contributed by atoms with Crippen molar-refractivity contribution in [1.82, 2.24) is 5.32 Å². The summed E-state index contributed by atoms with van der Waals surface area (Å²) in [6, 6.07) is 6.05. The van der Waals surface area contributed by atoms with E-state index in [1.54, 1.807) is 7.11 Å². The number of carbonyl (C=O) groups excluding carboxylic acids is 1. The Hall–Kier alpha value is -1.07. The van der Waals surface area contributed by atoms with Gasteiger partial charge in [-0.05, 0) is 37.9 Å². The summed E-state index contributed by atoms with van der Waals surface area (Å²) < 4.78 is 6.07. The van der Waals surface area contributed by atoms with E-state index < -0.39 is 0 Å². The van der Waals surface area contributed by atoms with Crippen LogP contribution in [0.25, 0.3) is 0 Å². The van der Waals surface area contributed by atoms with Gasteiger partial charge in [0.1, 0.15) is 5.75 Å². The van der Waals surface area contributed by atoms with Gasteiger partial charge in [0.2, 0.25) is 5.91 Å². The predicted molar refractivity (Wildman–Crippen MR) is 84.2 cm³/mol. The molecule has 0 bridgehead atoms. The number of ether oxygens (including phenoxy) is 1. The van der Waals surface area contributed by atoms with Gasteiger partial charge in [-0.15, -0.1) is 0 Å². The molecular formula is C15H21BrN2O2. The standard InChI is InChI=1S/C15H21BrN2O2/c1-20-14-9-11(16)8-13(10-14)18-15(19)6-5-12-4-2-3-7-17-12/h8-10,12,17H,2-7H2,1H3,(H,18,19). The fourth-order valence-electron chi connectivity index (χ4n) is 2.45. The van der Waals surface area contributed by atoms with E-state index in [2.05, 4.69) is 26.6 Å². The van der Waals surface area contributed by atoms with E-state index in [1.807, 2.05) is 18.2 Å². The number of amides is 1. The molecule has 5 heteroatoms. The predicted octanol–water partition coefficient (Wildman–Crippen LogP) is 3.32. The highest BCUT2D eigenvalue weighted by Crippen LogP contribution is 2.24. The van der Waals surface area contributed by atoms with Crippen LogP contribution in [0.15, 0.2) is 22.7 Å². The number of anilines is 1. The minimum absolute atomic E-state index is 0.0533. The summed E-state index contributed by atoms with van der Waals surface area (Å²) in [7, 11) is 1.61. The van der Waals surface area contributed by atoms with Crippen molar-refractivity contribution in [3.63, 3.8) is 0 Å². The van der Waals surface area contributed by atoms with Gasteiger partial charge in [0, 0.05) is 28.7 Å². The van der Waals surface area contributed by atoms with Crippen LogP contribution in [0.4, 0.5) is 5.69 Å². The molecule has 0 radical (unpaired) electrons. The van der Waals surface area contributed by atoms with Crippen LogP contribution in [0.5, 0.6) is 5.75 Å². The normalized spacial score (nSPS) is 18.6. The highest BCUT2D eigenvalue weighted by atomic mass is 79.9. The topological polar surface area (TPSA) is 50.4 Å². The number of hydrogen-bond acceptors (Lipinski definition) is 3. The third-order valence-corrected chi connectivity index (χ3v) is 3.98. The van der Waals surface area contributed by atoms with Gasteiger partial charge in [-0.3, -0.25) is 4.79 Å². The number of hydrogen-bond donors (Lipinski definition) is 2. The summed E-state index contributed by atoms with van der Waals surface area (Å²) in [5.74, 6) is 0.779. The molecule has 2 rings (SSSR count). The number of benzene rings is 1. The summed E-state index contributed by atoms with van der Waals surface area (Å²) in [5.41, 5.74) is 0.762. The van der Waals surface area contributed by atoms with Gasteiger partial charge in [-0.2, -0.15) is 0 Å². The van der Waals surface area contributed by atoms with Crippen LogP contribution in [0, 0.1) is 0 Å². The van der Waals surface area contributed by atoms with Crippen molar-refractivity contribution in [3.8, 4) is 5.75 Å². The zero-order chi connectivity index (χ0) is 14.4. The lowest BCUT2D eigenvalue weighted by atomic mass is 10.0. The van der Waals surface area contributed by atoms with Crippen LogP contribution >= 0.6 is 15.9 Å². The van der Waals surface area contributed by atoms with Crippen LogP contribution in [0.3, 0.4) is 0 Å². The first kappa shape index (κ1) is 15.3. The minimum Gasteiger partial charge on any atom is -0.497 e. The van der Waals surface area contributed by atoms with Crippen molar-refractivity contribution in [2.45, 2.75) is 38.1 Å². The van der Waals surface area contributed by atoms with Crippen molar-refractivity contribution in [2.24, 2.45) is 0 Å². The molecule has 0 spiro atoms. The molecule has 1 aromatic carbocycles. The number of carbonyl (C=O) groups is 1. The molecule has 0 aromatic heterocycles. The monoisotopic (exact) mass is 340 g/mol. The molecule has 1 aromatic rings. The SMILES string of the molecule is COc1cc(Br)cc(NC(=O)CCC2CCCCN2)c1. The zero-order valence-electron chi connectivity index (χ0n) is 11.7. The van der Waals surface area contributed by atoms with E-state index in [0.29, 0.717) is 12.5 Å². The molecule has 1 atom stereocenters. The Labute approximate surface area is 128 Å². The first-order valence-corrected chi connectivity index (χ1v) is 7.84. The number of methoxy groups -OCH3 is 1. The Morgan fingerprint density at radius 1 is 1.45 bits per heavy atom. The first-order valence-electron chi connectivity index (χ1n) is 7.05. The maximum absolute atomic E-state index is 12.0. The van der Waals surface area contributed by atoms with Crippen molar-refractivity contribution in [3.05, 3.63) is 22.7 Å². The Morgan fingerprint density at radius 3 is 3.00 bits per heavy atom. The molecule has 1 fully saturated rings. The van der Waals surface area contributed by atoms with E-state index in [-0.39, 0.29) is 5.91 Å².